The highest BCUT2D eigenvalue weighted by Crippen LogP contribution is 2.36. The molecule has 5 heteroatoms. The molecule has 2 atom stereocenters. The van der Waals surface area contributed by atoms with Crippen LogP contribution in [0, 0.1) is 0 Å². The molecule has 21 heavy (non-hydrogen) atoms. The van der Waals surface area contributed by atoms with Gasteiger partial charge in [-0.15, -0.1) is 0 Å². The highest BCUT2D eigenvalue weighted by molar-refractivity contribution is 9.09. The molecule has 3 rings (SSSR count). The monoisotopic (exact) mass is 353 g/mol. The number of anilines is 1. The van der Waals surface area contributed by atoms with Crippen LogP contribution in [0.4, 0.5) is 5.69 Å². The minimum absolute atomic E-state index is 0.0959. The zero-order valence-electron chi connectivity index (χ0n) is 11.9. The van der Waals surface area contributed by atoms with Gasteiger partial charge in [0.25, 0.3) is 5.91 Å². The Balaban J connectivity index is 1.60. The number of nitrogens with one attached hydrogen (secondary N) is 1. The number of hydrogen-bond donors (Lipinski definition) is 1. The van der Waals surface area contributed by atoms with Crippen LogP contribution >= 0.6 is 15.9 Å². The second kappa shape index (κ2) is 6.79. The summed E-state index contributed by atoms with van der Waals surface area (Å²) in [4.78, 5) is 11.6. The van der Waals surface area contributed by atoms with Gasteiger partial charge in [-0.25, -0.2) is 0 Å². The number of halogens is 1. The molecule has 114 valence electrons. The molecule has 0 aromatic heterocycles. The number of hydrogen-bond acceptors (Lipinski definition) is 3. The number of benzene rings is 1. The van der Waals surface area contributed by atoms with Gasteiger partial charge in [0.05, 0.1) is 11.8 Å². The summed E-state index contributed by atoms with van der Waals surface area (Å²) in [6.45, 7) is 1.00. The number of rotatable bonds is 4. The van der Waals surface area contributed by atoms with E-state index in [2.05, 4.69) is 27.3 Å². The Morgan fingerprint density at radius 2 is 2.29 bits per heavy atom. The molecule has 0 aliphatic carbocycles. The highest BCUT2D eigenvalue weighted by atomic mass is 79.9. The van der Waals surface area contributed by atoms with Gasteiger partial charge >= 0.3 is 0 Å². The van der Waals surface area contributed by atoms with Crippen molar-refractivity contribution in [2.24, 2.45) is 0 Å². The van der Waals surface area contributed by atoms with E-state index >= 15 is 0 Å². The van der Waals surface area contributed by atoms with Crippen molar-refractivity contribution in [2.45, 2.75) is 43.0 Å². The molecule has 1 aromatic rings. The first-order valence-electron chi connectivity index (χ1n) is 7.54. The van der Waals surface area contributed by atoms with Crippen molar-refractivity contribution < 1.29 is 14.3 Å². The van der Waals surface area contributed by atoms with Crippen LogP contribution in [0.2, 0.25) is 0 Å². The lowest BCUT2D eigenvalue weighted by Gasteiger charge is -2.24. The highest BCUT2D eigenvalue weighted by Gasteiger charge is 2.19. The molecule has 4 nitrogen and oxygen atoms in total. The Bertz CT molecular complexity index is 514. The van der Waals surface area contributed by atoms with Crippen LogP contribution in [-0.4, -0.2) is 25.2 Å². The van der Waals surface area contributed by atoms with Crippen LogP contribution in [0.1, 0.15) is 42.5 Å². The van der Waals surface area contributed by atoms with Gasteiger partial charge in [0, 0.05) is 11.4 Å². The lowest BCUT2D eigenvalue weighted by molar-refractivity contribution is -0.118. The van der Waals surface area contributed by atoms with Gasteiger partial charge in [-0.1, -0.05) is 22.0 Å². The fraction of sp³-hybridized carbons (Fsp3) is 0.562. The molecule has 1 amide bonds. The van der Waals surface area contributed by atoms with Gasteiger partial charge in [0.15, 0.2) is 6.61 Å². The van der Waals surface area contributed by atoms with Crippen LogP contribution in [0.3, 0.4) is 0 Å². The van der Waals surface area contributed by atoms with Crippen LogP contribution in [0.5, 0.6) is 5.75 Å². The summed E-state index contributed by atoms with van der Waals surface area (Å²) < 4.78 is 11.1. The quantitative estimate of drug-likeness (QED) is 0.837. The van der Waals surface area contributed by atoms with Gasteiger partial charge in [0.1, 0.15) is 5.75 Å². The van der Waals surface area contributed by atoms with Crippen molar-refractivity contribution in [1.29, 1.82) is 0 Å². The van der Waals surface area contributed by atoms with Crippen LogP contribution in [-0.2, 0) is 9.53 Å². The molecule has 1 saturated heterocycles. The summed E-state index contributed by atoms with van der Waals surface area (Å²) in [5, 5.41) is 2.85. The van der Waals surface area contributed by atoms with Crippen molar-refractivity contribution in [2.75, 3.05) is 18.5 Å². The average molecular weight is 354 g/mol. The molecule has 0 bridgehead atoms. The third-order valence-corrected chi connectivity index (χ3v) is 5.00. The van der Waals surface area contributed by atoms with Crippen LogP contribution < -0.4 is 10.1 Å². The smallest absolute Gasteiger partial charge is 0.262 e. The van der Waals surface area contributed by atoms with Crippen molar-refractivity contribution >= 4 is 27.5 Å². The maximum Gasteiger partial charge on any atom is 0.262 e. The predicted octanol–water partition coefficient (Wildman–Crippen LogP) is 3.80. The third kappa shape index (κ3) is 3.77. The van der Waals surface area contributed by atoms with E-state index in [-0.39, 0.29) is 17.3 Å². The van der Waals surface area contributed by atoms with Gasteiger partial charge < -0.3 is 14.8 Å². The van der Waals surface area contributed by atoms with E-state index in [1.807, 2.05) is 12.1 Å². The number of carbonyl (C=O) groups excluding carboxylic acids is 1. The van der Waals surface area contributed by atoms with E-state index in [4.69, 9.17) is 9.47 Å². The maximum atomic E-state index is 11.4. The molecular formula is C16H20BrNO3. The van der Waals surface area contributed by atoms with Gasteiger partial charge in [0.2, 0.25) is 0 Å². The molecular weight excluding hydrogens is 334 g/mol. The Kier molecular flexibility index (Phi) is 4.80. The van der Waals surface area contributed by atoms with Gasteiger partial charge in [-0.2, -0.15) is 0 Å². The van der Waals surface area contributed by atoms with Crippen molar-refractivity contribution in [1.82, 2.24) is 0 Å². The van der Waals surface area contributed by atoms with Crippen LogP contribution in [0.25, 0.3) is 0 Å². The Morgan fingerprint density at radius 1 is 1.38 bits per heavy atom. The fourth-order valence-electron chi connectivity index (χ4n) is 2.83. The second-order valence-electron chi connectivity index (χ2n) is 5.63. The summed E-state index contributed by atoms with van der Waals surface area (Å²) in [6, 6.07) is 5.97. The zero-order valence-corrected chi connectivity index (χ0v) is 13.5. The zero-order chi connectivity index (χ0) is 14.7. The Hall–Kier alpha value is -1.07. The van der Waals surface area contributed by atoms with E-state index < -0.39 is 0 Å². The van der Waals surface area contributed by atoms with Gasteiger partial charge in [-0.3, -0.25) is 4.79 Å². The first-order valence-corrected chi connectivity index (χ1v) is 8.46. The summed E-state index contributed by atoms with van der Waals surface area (Å²) in [5.74, 6) is 0.648. The van der Waals surface area contributed by atoms with Crippen molar-refractivity contribution in [3.05, 3.63) is 23.8 Å². The first kappa shape index (κ1) is 14.9. The summed E-state index contributed by atoms with van der Waals surface area (Å²) in [6.07, 6.45) is 6.14. The summed E-state index contributed by atoms with van der Waals surface area (Å²) in [5.41, 5.74) is 1.93. The third-order valence-electron chi connectivity index (χ3n) is 4.01. The van der Waals surface area contributed by atoms with Crippen molar-refractivity contribution in [3.63, 3.8) is 0 Å². The van der Waals surface area contributed by atoms with E-state index in [0.29, 0.717) is 6.10 Å². The second-order valence-corrected chi connectivity index (χ2v) is 6.73. The average Bonchev–Trinajstić information content (AvgIpc) is 2.53. The molecule has 2 aliphatic rings. The standard InChI is InChI=1S/C16H20BrNO3/c17-13(6-5-12-3-1-2-8-20-12)11-4-7-15-14(9-11)18-16(19)10-21-15/h4,7,9,12-13H,1-3,5-6,8,10H2,(H,18,19). The first-order chi connectivity index (χ1) is 10.2. The number of ether oxygens (including phenoxy) is 2. The molecule has 2 aliphatic heterocycles. The normalized spacial score (nSPS) is 22.9. The van der Waals surface area contributed by atoms with E-state index in [0.717, 1.165) is 36.4 Å². The maximum absolute atomic E-state index is 11.4. The van der Waals surface area contributed by atoms with E-state index in [1.165, 1.54) is 19.3 Å². The fourth-order valence-corrected chi connectivity index (χ4v) is 3.38. The predicted molar refractivity (Wildman–Crippen MR) is 85.1 cm³/mol. The summed E-state index contributed by atoms with van der Waals surface area (Å²) >= 11 is 3.75. The number of fused-ring (bicyclic) bond motifs is 1. The lowest BCUT2D eigenvalue weighted by atomic mass is 10.0. The lowest BCUT2D eigenvalue weighted by Crippen LogP contribution is -2.25. The SMILES string of the molecule is O=C1COc2ccc(C(Br)CCC3CCCCO3)cc2N1. The summed E-state index contributed by atoms with van der Waals surface area (Å²) in [7, 11) is 0. The minimum Gasteiger partial charge on any atom is -0.482 e. The molecule has 1 fully saturated rings. The number of amides is 1. The molecule has 2 unspecified atom stereocenters. The Labute approximate surface area is 133 Å². The number of alkyl halides is 1. The van der Waals surface area contributed by atoms with Crippen LogP contribution in [0.15, 0.2) is 18.2 Å². The number of carbonyl (C=O) groups is 1. The molecule has 2 heterocycles. The molecule has 0 spiro atoms. The molecule has 1 aromatic carbocycles. The minimum atomic E-state index is -0.0959. The molecule has 0 saturated carbocycles. The largest absolute Gasteiger partial charge is 0.482 e. The molecule has 0 radical (unpaired) electrons. The molecule has 1 N–H and O–H groups in total. The van der Waals surface area contributed by atoms with Crippen molar-refractivity contribution in [3.8, 4) is 5.75 Å². The van der Waals surface area contributed by atoms with E-state index in [9.17, 15) is 4.79 Å². The van der Waals surface area contributed by atoms with Gasteiger partial charge in [-0.05, 0) is 49.8 Å². The topological polar surface area (TPSA) is 47.6 Å². The Morgan fingerprint density at radius 3 is 3.10 bits per heavy atom. The van der Waals surface area contributed by atoms with E-state index in [1.54, 1.807) is 0 Å².